The largest absolute Gasteiger partial charge is 0.435 e. The molecule has 1 N–H and O–H groups in total. The first-order valence-electron chi connectivity index (χ1n) is 10.7. The van der Waals surface area contributed by atoms with Gasteiger partial charge in [-0.05, 0) is 56.5 Å². The second-order valence-corrected chi connectivity index (χ2v) is 8.58. The number of nitrogens with one attached hydrogen (secondary N) is 1. The van der Waals surface area contributed by atoms with Gasteiger partial charge in [0.15, 0.2) is 5.69 Å². The van der Waals surface area contributed by atoms with Crippen LogP contribution in [-0.2, 0) is 24.1 Å². The van der Waals surface area contributed by atoms with E-state index in [0.717, 1.165) is 35.9 Å². The van der Waals surface area contributed by atoms with Crippen molar-refractivity contribution in [1.29, 1.82) is 0 Å². The molecule has 170 valence electrons. The molecule has 9 heteroatoms. The van der Waals surface area contributed by atoms with E-state index in [1.54, 1.807) is 13.0 Å². The molecule has 1 aliphatic carbocycles. The van der Waals surface area contributed by atoms with Crippen LogP contribution in [0, 0.1) is 19.8 Å². The second kappa shape index (κ2) is 8.44. The number of anilines is 1. The van der Waals surface area contributed by atoms with Crippen molar-refractivity contribution in [2.75, 3.05) is 5.32 Å². The van der Waals surface area contributed by atoms with E-state index in [9.17, 15) is 18.0 Å². The summed E-state index contributed by atoms with van der Waals surface area (Å²) in [4.78, 5) is 12.8. The Bertz CT molecular complexity index is 1130. The minimum absolute atomic E-state index is 0.0964. The lowest BCUT2D eigenvalue weighted by atomic mass is 10.1. The number of benzene rings is 1. The summed E-state index contributed by atoms with van der Waals surface area (Å²) in [5.74, 6) is -0.716. The quantitative estimate of drug-likeness (QED) is 0.562. The number of rotatable bonds is 7. The highest BCUT2D eigenvalue weighted by molar-refractivity contribution is 5.92. The maximum atomic E-state index is 13.1. The summed E-state index contributed by atoms with van der Waals surface area (Å²) < 4.78 is 42.6. The lowest BCUT2D eigenvalue weighted by molar-refractivity contribution is -0.141. The number of alkyl halides is 3. The SMILES string of the molecule is Cc1cc(C)n(Cc2cccc(NC(=O)C(C)Cn3nc(C(F)(F)F)cc3C3CC3)c2)n1. The minimum atomic E-state index is -4.49. The molecule has 0 spiro atoms. The molecule has 0 aliphatic heterocycles. The van der Waals surface area contributed by atoms with Gasteiger partial charge in [0, 0.05) is 23.0 Å². The molecule has 0 saturated heterocycles. The molecule has 1 amide bonds. The van der Waals surface area contributed by atoms with Gasteiger partial charge < -0.3 is 5.32 Å². The van der Waals surface area contributed by atoms with Gasteiger partial charge in [-0.15, -0.1) is 0 Å². The van der Waals surface area contributed by atoms with Crippen LogP contribution < -0.4 is 5.32 Å². The van der Waals surface area contributed by atoms with Crippen molar-refractivity contribution in [1.82, 2.24) is 19.6 Å². The summed E-state index contributed by atoms with van der Waals surface area (Å²) in [6, 6.07) is 10.6. The zero-order chi connectivity index (χ0) is 23.0. The molecular weight excluding hydrogens is 419 g/mol. The number of aromatic nitrogens is 4. The summed E-state index contributed by atoms with van der Waals surface area (Å²) in [7, 11) is 0. The average molecular weight is 445 g/mol. The Balaban J connectivity index is 1.43. The number of carbonyl (C=O) groups excluding carboxylic acids is 1. The summed E-state index contributed by atoms with van der Waals surface area (Å²) in [6.07, 6.45) is -2.79. The van der Waals surface area contributed by atoms with Crippen molar-refractivity contribution in [3.8, 4) is 0 Å². The number of aryl methyl sites for hydroxylation is 2. The second-order valence-electron chi connectivity index (χ2n) is 8.58. The zero-order valence-corrected chi connectivity index (χ0v) is 18.3. The van der Waals surface area contributed by atoms with Crippen LogP contribution in [0.15, 0.2) is 36.4 Å². The van der Waals surface area contributed by atoms with E-state index in [-0.39, 0.29) is 18.4 Å². The first kappa shape index (κ1) is 22.1. The van der Waals surface area contributed by atoms with E-state index >= 15 is 0 Å². The maximum Gasteiger partial charge on any atom is 0.435 e. The van der Waals surface area contributed by atoms with Crippen LogP contribution in [0.25, 0.3) is 0 Å². The lowest BCUT2D eigenvalue weighted by Gasteiger charge is -2.15. The van der Waals surface area contributed by atoms with Gasteiger partial charge in [-0.3, -0.25) is 14.2 Å². The molecule has 1 aromatic carbocycles. The van der Waals surface area contributed by atoms with Crippen LogP contribution in [0.5, 0.6) is 0 Å². The molecule has 3 aromatic rings. The summed E-state index contributed by atoms with van der Waals surface area (Å²) in [5, 5.41) is 11.1. The van der Waals surface area contributed by atoms with E-state index in [0.29, 0.717) is 17.9 Å². The van der Waals surface area contributed by atoms with E-state index in [1.807, 2.05) is 42.8 Å². The van der Waals surface area contributed by atoms with E-state index in [4.69, 9.17) is 0 Å². The number of hydrogen-bond acceptors (Lipinski definition) is 3. The fourth-order valence-electron chi connectivity index (χ4n) is 3.79. The molecule has 0 radical (unpaired) electrons. The minimum Gasteiger partial charge on any atom is -0.326 e. The highest BCUT2D eigenvalue weighted by Gasteiger charge is 2.38. The van der Waals surface area contributed by atoms with Gasteiger partial charge in [0.05, 0.1) is 24.7 Å². The first-order chi connectivity index (χ1) is 15.1. The highest BCUT2D eigenvalue weighted by Crippen LogP contribution is 2.42. The summed E-state index contributed by atoms with van der Waals surface area (Å²) in [5.41, 5.74) is 3.28. The van der Waals surface area contributed by atoms with E-state index in [2.05, 4.69) is 15.5 Å². The Labute approximate surface area is 184 Å². The number of halogens is 3. The lowest BCUT2D eigenvalue weighted by Crippen LogP contribution is -2.25. The Morgan fingerprint density at radius 1 is 1.16 bits per heavy atom. The third-order valence-corrected chi connectivity index (χ3v) is 5.62. The molecule has 1 atom stereocenters. The number of hydrogen-bond donors (Lipinski definition) is 1. The topological polar surface area (TPSA) is 64.7 Å². The van der Waals surface area contributed by atoms with Crippen LogP contribution in [0.4, 0.5) is 18.9 Å². The maximum absolute atomic E-state index is 13.1. The zero-order valence-electron chi connectivity index (χ0n) is 18.3. The molecular formula is C23H26F3N5O. The third-order valence-electron chi connectivity index (χ3n) is 5.62. The summed E-state index contributed by atoms with van der Waals surface area (Å²) >= 11 is 0. The van der Waals surface area contributed by atoms with Gasteiger partial charge in [0.25, 0.3) is 0 Å². The normalized spacial score (nSPS) is 15.1. The molecule has 1 unspecified atom stereocenters. The van der Waals surface area contributed by atoms with Gasteiger partial charge in [0.1, 0.15) is 0 Å². The van der Waals surface area contributed by atoms with Crippen molar-refractivity contribution >= 4 is 11.6 Å². The van der Waals surface area contributed by atoms with Crippen LogP contribution in [0.1, 0.15) is 54.0 Å². The Morgan fingerprint density at radius 3 is 2.53 bits per heavy atom. The number of amides is 1. The predicted molar refractivity (Wildman–Crippen MR) is 114 cm³/mol. The van der Waals surface area contributed by atoms with Crippen molar-refractivity contribution < 1.29 is 18.0 Å². The van der Waals surface area contributed by atoms with E-state index in [1.165, 1.54) is 4.68 Å². The van der Waals surface area contributed by atoms with Gasteiger partial charge in [0.2, 0.25) is 5.91 Å². The Kier molecular flexibility index (Phi) is 5.83. The predicted octanol–water partition coefficient (Wildman–Crippen LogP) is 4.92. The van der Waals surface area contributed by atoms with Crippen LogP contribution in [0.2, 0.25) is 0 Å². The third kappa shape index (κ3) is 5.03. The van der Waals surface area contributed by atoms with Crippen LogP contribution in [0.3, 0.4) is 0 Å². The molecule has 1 aliphatic rings. The molecule has 0 bridgehead atoms. The number of nitrogens with zero attached hydrogens (tertiary/aromatic N) is 4. The monoisotopic (exact) mass is 445 g/mol. The fraction of sp³-hybridized carbons (Fsp3) is 0.435. The van der Waals surface area contributed by atoms with Crippen molar-refractivity contribution in [2.45, 2.75) is 58.8 Å². The molecule has 4 rings (SSSR count). The van der Waals surface area contributed by atoms with E-state index < -0.39 is 17.8 Å². The standard InChI is InChI=1S/C23H26F3N5O/c1-14(12-31-20(18-7-8-18)11-21(29-31)23(24,25)26)22(32)27-19-6-4-5-17(10-19)13-30-16(3)9-15(2)28-30/h4-6,9-11,14,18H,7-8,12-13H2,1-3H3,(H,27,32). The molecule has 32 heavy (non-hydrogen) atoms. The number of carbonyl (C=O) groups is 1. The van der Waals surface area contributed by atoms with Crippen molar-refractivity contribution in [2.24, 2.45) is 5.92 Å². The van der Waals surface area contributed by atoms with Crippen LogP contribution >= 0.6 is 0 Å². The highest BCUT2D eigenvalue weighted by atomic mass is 19.4. The Morgan fingerprint density at radius 2 is 1.91 bits per heavy atom. The smallest absolute Gasteiger partial charge is 0.326 e. The first-order valence-corrected chi connectivity index (χ1v) is 10.7. The Hall–Kier alpha value is -3.10. The fourth-order valence-corrected chi connectivity index (χ4v) is 3.79. The van der Waals surface area contributed by atoms with Gasteiger partial charge in [-0.2, -0.15) is 23.4 Å². The average Bonchev–Trinajstić information content (AvgIpc) is 3.38. The van der Waals surface area contributed by atoms with Gasteiger partial charge >= 0.3 is 6.18 Å². The molecule has 1 saturated carbocycles. The molecule has 2 aromatic heterocycles. The van der Waals surface area contributed by atoms with Crippen molar-refractivity contribution in [3.63, 3.8) is 0 Å². The van der Waals surface area contributed by atoms with Gasteiger partial charge in [-0.1, -0.05) is 19.1 Å². The van der Waals surface area contributed by atoms with Crippen molar-refractivity contribution in [3.05, 3.63) is 64.7 Å². The van der Waals surface area contributed by atoms with Gasteiger partial charge in [-0.25, -0.2) is 0 Å². The van der Waals surface area contributed by atoms with Crippen LogP contribution in [-0.4, -0.2) is 25.5 Å². The summed E-state index contributed by atoms with van der Waals surface area (Å²) in [6.45, 7) is 6.30. The molecule has 2 heterocycles. The molecule has 6 nitrogen and oxygen atoms in total. The molecule has 1 fully saturated rings.